The van der Waals surface area contributed by atoms with Crippen LogP contribution in [0.5, 0.6) is 0 Å². The molecule has 0 aliphatic rings. The molecule has 8 nitrogen and oxygen atoms in total. The van der Waals surface area contributed by atoms with Crippen LogP contribution in [0.2, 0.25) is 0 Å². The van der Waals surface area contributed by atoms with Crippen molar-refractivity contribution in [3.05, 3.63) is 47.3 Å². The first-order valence-electron chi connectivity index (χ1n) is 9.36. The first-order valence-corrected chi connectivity index (χ1v) is 10.8. The summed E-state index contributed by atoms with van der Waals surface area (Å²) in [5.41, 5.74) is 1.93. The smallest absolute Gasteiger partial charge is 0.240 e. The average Bonchev–Trinajstić information content (AvgIpc) is 3.18. The van der Waals surface area contributed by atoms with E-state index in [0.29, 0.717) is 25.0 Å². The van der Waals surface area contributed by atoms with Gasteiger partial charge >= 0.3 is 0 Å². The molecule has 0 aliphatic heterocycles. The Morgan fingerprint density at radius 1 is 1.14 bits per heavy atom. The minimum Gasteiger partial charge on any atom is -0.359 e. The number of rotatable bonds is 9. The number of nitrogens with one attached hydrogen (secondary N) is 3. The van der Waals surface area contributed by atoms with Gasteiger partial charge in [-0.25, -0.2) is 13.1 Å². The van der Waals surface area contributed by atoms with Crippen LogP contribution in [-0.2, 0) is 23.1 Å². The van der Waals surface area contributed by atoms with E-state index in [0.717, 1.165) is 29.9 Å². The van der Waals surface area contributed by atoms with Crippen LogP contribution in [0.4, 0.5) is 0 Å². The van der Waals surface area contributed by atoms with Crippen molar-refractivity contribution in [2.45, 2.75) is 50.6 Å². The van der Waals surface area contributed by atoms with Crippen LogP contribution in [-0.4, -0.2) is 33.6 Å². The summed E-state index contributed by atoms with van der Waals surface area (Å²) >= 11 is 0. The Bertz CT molecular complexity index is 871. The summed E-state index contributed by atoms with van der Waals surface area (Å²) in [5, 5.41) is 10.5. The summed E-state index contributed by atoms with van der Waals surface area (Å²) in [6.45, 7) is 5.28. The Hall–Kier alpha value is -2.39. The predicted octanol–water partition coefficient (Wildman–Crippen LogP) is 2.35. The van der Waals surface area contributed by atoms with Gasteiger partial charge in [0.1, 0.15) is 0 Å². The zero-order valence-corrected chi connectivity index (χ0v) is 17.6. The van der Waals surface area contributed by atoms with Crippen LogP contribution < -0.4 is 15.4 Å². The monoisotopic (exact) mass is 407 g/mol. The molecule has 3 N–H and O–H groups in total. The second-order valence-electron chi connectivity index (χ2n) is 6.36. The zero-order chi connectivity index (χ0) is 20.6. The van der Waals surface area contributed by atoms with Gasteiger partial charge < -0.3 is 15.2 Å². The summed E-state index contributed by atoms with van der Waals surface area (Å²) in [7, 11) is -0.341. The molecule has 0 atom stereocenters. The highest BCUT2D eigenvalue weighted by Gasteiger charge is 2.13. The Morgan fingerprint density at radius 3 is 2.36 bits per heavy atom. The van der Waals surface area contributed by atoms with E-state index in [1.807, 2.05) is 6.07 Å². The highest BCUT2D eigenvalue weighted by molar-refractivity contribution is 7.89. The molecule has 9 heteroatoms. The molecule has 0 unspecified atom stereocenters. The molecule has 1 heterocycles. The van der Waals surface area contributed by atoms with Crippen LogP contribution in [0.3, 0.4) is 0 Å². The van der Waals surface area contributed by atoms with Crippen molar-refractivity contribution in [3.8, 4) is 0 Å². The lowest BCUT2D eigenvalue weighted by Crippen LogP contribution is -2.36. The SMILES string of the molecule is CCC(CC)c1cc(CNC(=NC)NCc2ccc(S(=O)(=O)NC)cc2)on1. The number of aromatic nitrogens is 1. The van der Waals surface area contributed by atoms with Gasteiger partial charge in [-0.1, -0.05) is 31.1 Å². The predicted molar refractivity (Wildman–Crippen MR) is 110 cm³/mol. The lowest BCUT2D eigenvalue weighted by atomic mass is 9.99. The molecule has 1 aromatic heterocycles. The van der Waals surface area contributed by atoms with E-state index in [2.05, 4.69) is 39.4 Å². The van der Waals surface area contributed by atoms with Crippen LogP contribution >= 0.6 is 0 Å². The molecule has 0 fully saturated rings. The van der Waals surface area contributed by atoms with Gasteiger partial charge in [-0.15, -0.1) is 0 Å². The van der Waals surface area contributed by atoms with Gasteiger partial charge in [-0.3, -0.25) is 4.99 Å². The second-order valence-corrected chi connectivity index (χ2v) is 8.25. The second kappa shape index (κ2) is 10.2. The van der Waals surface area contributed by atoms with E-state index in [1.165, 1.54) is 7.05 Å². The van der Waals surface area contributed by atoms with Crippen LogP contribution in [0.15, 0.2) is 44.7 Å². The van der Waals surface area contributed by atoms with E-state index in [-0.39, 0.29) is 4.90 Å². The molecule has 154 valence electrons. The molecule has 28 heavy (non-hydrogen) atoms. The number of hydrogen-bond acceptors (Lipinski definition) is 5. The largest absolute Gasteiger partial charge is 0.359 e. The van der Waals surface area contributed by atoms with Gasteiger partial charge in [-0.05, 0) is 37.6 Å². The highest BCUT2D eigenvalue weighted by Crippen LogP contribution is 2.22. The van der Waals surface area contributed by atoms with Crippen LogP contribution in [0, 0.1) is 0 Å². The Morgan fingerprint density at radius 2 is 1.79 bits per heavy atom. The number of sulfonamides is 1. The van der Waals surface area contributed by atoms with Gasteiger partial charge in [0.25, 0.3) is 0 Å². The lowest BCUT2D eigenvalue weighted by molar-refractivity contribution is 0.368. The summed E-state index contributed by atoms with van der Waals surface area (Å²) in [4.78, 5) is 4.42. The van der Waals surface area contributed by atoms with Crippen molar-refractivity contribution in [1.82, 2.24) is 20.5 Å². The van der Waals surface area contributed by atoms with E-state index >= 15 is 0 Å². The fourth-order valence-electron chi connectivity index (χ4n) is 2.79. The standard InChI is InChI=1S/C19H29N5O3S/c1-5-15(6-2)18-11-16(27-24-18)13-23-19(20-3)22-12-14-7-9-17(10-8-14)28(25,26)21-4/h7-11,15,21H,5-6,12-13H2,1-4H3,(H2,20,22,23). The molecule has 2 rings (SSSR count). The molecule has 0 amide bonds. The van der Waals surface area contributed by atoms with Crippen molar-refractivity contribution in [1.29, 1.82) is 0 Å². The number of guanidine groups is 1. The van der Waals surface area contributed by atoms with Crippen LogP contribution in [0.1, 0.15) is 49.6 Å². The molecule has 0 saturated carbocycles. The number of aliphatic imine (C=N–C) groups is 1. The summed E-state index contributed by atoms with van der Waals surface area (Å²) in [5.74, 6) is 1.79. The van der Waals surface area contributed by atoms with E-state index in [1.54, 1.807) is 31.3 Å². The van der Waals surface area contributed by atoms with Crippen molar-refractivity contribution < 1.29 is 12.9 Å². The van der Waals surface area contributed by atoms with E-state index in [4.69, 9.17) is 4.52 Å². The maximum atomic E-state index is 11.8. The fourth-order valence-corrected chi connectivity index (χ4v) is 3.52. The molecule has 0 bridgehead atoms. The third-order valence-corrected chi connectivity index (χ3v) is 6.03. The fraction of sp³-hybridized carbons (Fsp3) is 0.474. The van der Waals surface area contributed by atoms with Gasteiger partial charge in [0, 0.05) is 25.6 Å². The third-order valence-electron chi connectivity index (χ3n) is 4.60. The molecule has 2 aromatic rings. The molecule has 0 radical (unpaired) electrons. The quantitative estimate of drug-likeness (QED) is 0.435. The van der Waals surface area contributed by atoms with Crippen molar-refractivity contribution in [3.63, 3.8) is 0 Å². The summed E-state index contributed by atoms with van der Waals surface area (Å²) in [6, 6.07) is 8.67. The van der Waals surface area contributed by atoms with E-state index in [9.17, 15) is 8.42 Å². The molecular formula is C19H29N5O3S. The van der Waals surface area contributed by atoms with Gasteiger partial charge in [0.05, 0.1) is 17.1 Å². The third kappa shape index (κ3) is 5.80. The Balaban J connectivity index is 1.88. The maximum Gasteiger partial charge on any atom is 0.240 e. The summed E-state index contributed by atoms with van der Waals surface area (Å²) < 4.78 is 31.2. The summed E-state index contributed by atoms with van der Waals surface area (Å²) in [6.07, 6.45) is 2.07. The first kappa shape index (κ1) is 21.9. The van der Waals surface area contributed by atoms with Crippen molar-refractivity contribution in [2.24, 2.45) is 4.99 Å². The van der Waals surface area contributed by atoms with Gasteiger partial charge in [0.2, 0.25) is 10.0 Å². The Kier molecular flexibility index (Phi) is 8.01. The lowest BCUT2D eigenvalue weighted by Gasteiger charge is -2.11. The molecule has 0 aliphatic carbocycles. The van der Waals surface area contributed by atoms with Gasteiger partial charge in [0.15, 0.2) is 11.7 Å². The maximum absolute atomic E-state index is 11.8. The minimum atomic E-state index is -3.42. The Labute approximate surface area is 166 Å². The minimum absolute atomic E-state index is 0.236. The molecule has 1 aromatic carbocycles. The zero-order valence-electron chi connectivity index (χ0n) is 16.8. The number of nitrogens with zero attached hydrogens (tertiary/aromatic N) is 2. The van der Waals surface area contributed by atoms with Crippen LogP contribution in [0.25, 0.3) is 0 Å². The van der Waals surface area contributed by atoms with Crippen molar-refractivity contribution in [2.75, 3.05) is 14.1 Å². The van der Waals surface area contributed by atoms with Gasteiger partial charge in [-0.2, -0.15) is 0 Å². The molecule has 0 saturated heterocycles. The highest BCUT2D eigenvalue weighted by atomic mass is 32.2. The molecule has 0 spiro atoms. The number of benzene rings is 1. The topological polar surface area (TPSA) is 109 Å². The molecular weight excluding hydrogens is 378 g/mol. The number of hydrogen-bond donors (Lipinski definition) is 3. The average molecular weight is 408 g/mol. The van der Waals surface area contributed by atoms with E-state index < -0.39 is 10.0 Å². The first-order chi connectivity index (χ1) is 13.4. The van der Waals surface area contributed by atoms with Crippen molar-refractivity contribution >= 4 is 16.0 Å². The normalized spacial score (nSPS) is 12.4.